The zero-order valence-corrected chi connectivity index (χ0v) is 14.7. The molecule has 0 spiro atoms. The van der Waals surface area contributed by atoms with E-state index < -0.39 is 0 Å². The van der Waals surface area contributed by atoms with E-state index in [2.05, 4.69) is 37.5 Å². The number of ether oxygens (including phenoxy) is 1. The minimum atomic E-state index is -0.348. The topological polar surface area (TPSA) is 92.8 Å². The number of nitrogens with one attached hydrogen (secondary N) is 2. The molecule has 1 aliphatic carbocycles. The predicted molar refractivity (Wildman–Crippen MR) is 97.8 cm³/mol. The molecule has 2 aromatic heterocycles. The fourth-order valence-corrected chi connectivity index (χ4v) is 3.62. The molecule has 0 saturated carbocycles. The molecule has 7 nitrogen and oxygen atoms in total. The van der Waals surface area contributed by atoms with E-state index in [0.717, 1.165) is 12.1 Å². The molecular formula is C18H14N5O2S+. The average Bonchev–Trinajstić information content (AvgIpc) is 3.21. The third-order valence-corrected chi connectivity index (χ3v) is 5.26. The summed E-state index contributed by atoms with van der Waals surface area (Å²) >= 11 is 1.38. The molecule has 1 aliphatic heterocycles. The number of carbonyl (C=O) groups is 1. The summed E-state index contributed by atoms with van der Waals surface area (Å²) in [5.74, 6) is 3.63. The molecule has 1 unspecified atom stereocenters. The van der Waals surface area contributed by atoms with Crippen molar-refractivity contribution in [2.24, 2.45) is 0 Å². The van der Waals surface area contributed by atoms with Crippen LogP contribution in [0.2, 0.25) is 0 Å². The molecule has 4 rings (SSSR count). The second-order valence-corrected chi connectivity index (χ2v) is 6.99. The van der Waals surface area contributed by atoms with Gasteiger partial charge in [-0.1, -0.05) is 0 Å². The molecule has 2 N–H and O–H groups in total. The molecule has 0 aromatic carbocycles. The van der Waals surface area contributed by atoms with Gasteiger partial charge in [-0.15, -0.1) is 0 Å². The number of carbonyl (C=O) groups excluding carboxylic acids is 1. The summed E-state index contributed by atoms with van der Waals surface area (Å²) in [7, 11) is 1.36. The average molecular weight is 364 g/mol. The SMILES string of the molecule is [C+]#Cc1cnc(C2CC=C(C(=O)OC)S2)nc1Nc1cc(C2=CC2)[nH]n1. The molecule has 0 saturated heterocycles. The summed E-state index contributed by atoms with van der Waals surface area (Å²) in [5.41, 5.74) is 2.64. The van der Waals surface area contributed by atoms with Gasteiger partial charge in [0.1, 0.15) is 0 Å². The Labute approximate surface area is 154 Å². The van der Waals surface area contributed by atoms with Gasteiger partial charge in [0.2, 0.25) is 0 Å². The number of methoxy groups -OCH3 is 1. The number of hydrogen-bond acceptors (Lipinski definition) is 7. The first kappa shape index (κ1) is 16.6. The molecule has 8 heteroatoms. The van der Waals surface area contributed by atoms with Crippen LogP contribution < -0.4 is 5.32 Å². The second-order valence-electron chi connectivity index (χ2n) is 5.74. The fourth-order valence-electron chi connectivity index (χ4n) is 2.53. The Morgan fingerprint density at radius 2 is 2.35 bits per heavy atom. The summed E-state index contributed by atoms with van der Waals surface area (Å²) in [6.45, 7) is 0. The zero-order chi connectivity index (χ0) is 18.1. The van der Waals surface area contributed by atoms with Crippen molar-refractivity contribution in [3.05, 3.63) is 52.8 Å². The number of anilines is 2. The van der Waals surface area contributed by atoms with E-state index in [0.29, 0.717) is 34.3 Å². The molecule has 1 atom stereocenters. The second kappa shape index (κ2) is 6.82. The number of allylic oxidation sites excluding steroid dienone is 3. The summed E-state index contributed by atoms with van der Waals surface area (Å²) in [6, 6.07) is 1.90. The Bertz CT molecular complexity index is 986. The van der Waals surface area contributed by atoms with Gasteiger partial charge in [-0.25, -0.2) is 0 Å². The van der Waals surface area contributed by atoms with Crippen molar-refractivity contribution in [1.29, 1.82) is 0 Å². The number of rotatable bonds is 5. The van der Waals surface area contributed by atoms with Gasteiger partial charge >= 0.3 is 154 Å². The summed E-state index contributed by atoms with van der Waals surface area (Å²) in [5, 5.41) is 10.2. The fraction of sp³-hybridized carbons (Fsp3) is 0.222. The van der Waals surface area contributed by atoms with Crippen molar-refractivity contribution in [2.45, 2.75) is 18.1 Å². The Balaban J connectivity index is 1.55. The number of thioether (sulfide) groups is 1. The normalized spacial score (nSPS) is 18.0. The summed E-state index contributed by atoms with van der Waals surface area (Å²) in [4.78, 5) is 21.1. The van der Waals surface area contributed by atoms with Crippen LogP contribution in [0, 0.1) is 12.3 Å². The van der Waals surface area contributed by atoms with E-state index in [9.17, 15) is 4.79 Å². The summed E-state index contributed by atoms with van der Waals surface area (Å²) in [6.07, 6.45) is 14.6. The van der Waals surface area contributed by atoms with Crippen molar-refractivity contribution in [3.8, 4) is 5.92 Å². The molecule has 128 valence electrons. The van der Waals surface area contributed by atoms with Crippen molar-refractivity contribution in [3.63, 3.8) is 0 Å². The third kappa shape index (κ3) is 3.29. The first-order valence-electron chi connectivity index (χ1n) is 7.94. The van der Waals surface area contributed by atoms with E-state index in [4.69, 9.17) is 11.2 Å². The quantitative estimate of drug-likeness (QED) is 0.479. The van der Waals surface area contributed by atoms with Gasteiger partial charge in [0, 0.05) is 0 Å². The maximum atomic E-state index is 11.6. The van der Waals surface area contributed by atoms with Gasteiger partial charge < -0.3 is 0 Å². The minimum absolute atomic E-state index is 0.0733. The molecule has 0 bridgehead atoms. The van der Waals surface area contributed by atoms with E-state index in [1.165, 1.54) is 24.4 Å². The number of nitrogens with zero attached hydrogens (tertiary/aromatic N) is 3. The van der Waals surface area contributed by atoms with Crippen LogP contribution in [0.3, 0.4) is 0 Å². The number of aromatic nitrogens is 4. The maximum absolute atomic E-state index is 11.6. The van der Waals surface area contributed by atoms with Crippen molar-refractivity contribution in [1.82, 2.24) is 20.2 Å². The standard InChI is InChI=1S/C18H14N5O2S/c1-3-10-9-19-17(13-6-7-14(26-13)18(24)25-2)21-16(10)20-15-8-12(22-23-15)11-4-5-11/h4,7-9,13H,5-6H2,2H3,(H2,19,20,21,22,23)/q+1. The van der Waals surface area contributed by atoms with Gasteiger partial charge in [0.25, 0.3) is 0 Å². The van der Waals surface area contributed by atoms with Gasteiger partial charge in [0.15, 0.2) is 0 Å². The van der Waals surface area contributed by atoms with Crippen LogP contribution in [0.4, 0.5) is 11.6 Å². The van der Waals surface area contributed by atoms with E-state index in [-0.39, 0.29) is 11.2 Å². The van der Waals surface area contributed by atoms with Crippen LogP contribution in [0.25, 0.3) is 5.57 Å². The van der Waals surface area contributed by atoms with Crippen LogP contribution in [0.5, 0.6) is 0 Å². The van der Waals surface area contributed by atoms with Crippen LogP contribution in [0.15, 0.2) is 29.3 Å². The Kier molecular flexibility index (Phi) is 4.36. The first-order chi connectivity index (χ1) is 12.7. The van der Waals surface area contributed by atoms with Crippen LogP contribution in [0.1, 0.15) is 35.2 Å². The van der Waals surface area contributed by atoms with Crippen LogP contribution >= 0.6 is 11.8 Å². The van der Waals surface area contributed by atoms with E-state index in [1.807, 2.05) is 12.1 Å². The van der Waals surface area contributed by atoms with Crippen LogP contribution in [-0.4, -0.2) is 33.2 Å². The Hall–Kier alpha value is -2.83. The van der Waals surface area contributed by atoms with Crippen molar-refractivity contribution >= 4 is 34.9 Å². The molecule has 0 fully saturated rings. The number of hydrogen-bond donors (Lipinski definition) is 2. The molecular weight excluding hydrogens is 350 g/mol. The number of aromatic amines is 1. The van der Waals surface area contributed by atoms with Gasteiger partial charge in [0.05, 0.1) is 0 Å². The Morgan fingerprint density at radius 3 is 3.08 bits per heavy atom. The summed E-state index contributed by atoms with van der Waals surface area (Å²) < 4.78 is 4.75. The van der Waals surface area contributed by atoms with Crippen LogP contribution in [-0.2, 0) is 9.53 Å². The first-order valence-corrected chi connectivity index (χ1v) is 8.82. The molecule has 2 aliphatic rings. The van der Waals surface area contributed by atoms with Gasteiger partial charge in [-0.05, 0) is 0 Å². The molecule has 0 radical (unpaired) electrons. The molecule has 3 heterocycles. The van der Waals surface area contributed by atoms with Gasteiger partial charge in [-0.2, -0.15) is 0 Å². The molecule has 0 amide bonds. The Morgan fingerprint density at radius 1 is 1.50 bits per heavy atom. The molecule has 2 aromatic rings. The zero-order valence-electron chi connectivity index (χ0n) is 13.9. The van der Waals surface area contributed by atoms with E-state index >= 15 is 0 Å². The van der Waals surface area contributed by atoms with E-state index in [1.54, 1.807) is 6.20 Å². The predicted octanol–water partition coefficient (Wildman–Crippen LogP) is 2.90. The number of esters is 1. The number of H-pyrrole nitrogens is 1. The van der Waals surface area contributed by atoms with Gasteiger partial charge in [-0.3, -0.25) is 0 Å². The molecule has 26 heavy (non-hydrogen) atoms. The third-order valence-electron chi connectivity index (χ3n) is 3.98. The van der Waals surface area contributed by atoms with Crippen molar-refractivity contribution < 1.29 is 9.53 Å². The van der Waals surface area contributed by atoms with Crippen molar-refractivity contribution in [2.75, 3.05) is 12.4 Å². The monoisotopic (exact) mass is 364 g/mol.